The van der Waals surface area contributed by atoms with E-state index >= 15 is 0 Å². The molecule has 0 aromatic carbocycles. The zero-order valence-electron chi connectivity index (χ0n) is 7.95. The Balaban J connectivity index is 2.40. The molecule has 0 radical (unpaired) electrons. The summed E-state index contributed by atoms with van der Waals surface area (Å²) in [5.41, 5.74) is 1.02. The van der Waals surface area contributed by atoms with E-state index in [1.54, 1.807) is 12.4 Å². The van der Waals surface area contributed by atoms with Crippen molar-refractivity contribution in [3.8, 4) is 0 Å². The molecule has 0 fully saturated rings. The Labute approximate surface area is 78.2 Å². The number of pyridine rings is 1. The number of nitrogens with zero attached hydrogens (tertiary/aromatic N) is 1. The average molecular weight is 178 g/mol. The molecule has 0 aliphatic rings. The summed E-state index contributed by atoms with van der Waals surface area (Å²) < 4.78 is 0. The van der Waals surface area contributed by atoms with Crippen LogP contribution < -0.4 is 5.32 Å². The maximum absolute atomic E-state index is 11.2. The molecule has 3 heteroatoms. The van der Waals surface area contributed by atoms with Gasteiger partial charge in [-0.1, -0.05) is 19.9 Å². The van der Waals surface area contributed by atoms with Crippen molar-refractivity contribution < 1.29 is 4.79 Å². The monoisotopic (exact) mass is 178 g/mol. The molecule has 1 aromatic heterocycles. The lowest BCUT2D eigenvalue weighted by Gasteiger charge is -2.06. The maximum Gasteiger partial charge on any atom is 0.222 e. The van der Waals surface area contributed by atoms with Crippen LogP contribution in [0, 0.1) is 5.92 Å². The van der Waals surface area contributed by atoms with Crippen LogP contribution in [0.15, 0.2) is 24.5 Å². The van der Waals surface area contributed by atoms with Crippen molar-refractivity contribution in [1.29, 1.82) is 0 Å². The number of carbonyl (C=O) groups excluding carboxylic acids is 1. The summed E-state index contributed by atoms with van der Waals surface area (Å²) in [6.07, 6.45) is 3.47. The van der Waals surface area contributed by atoms with Crippen LogP contribution >= 0.6 is 0 Å². The van der Waals surface area contributed by atoms with Crippen LogP contribution in [0.2, 0.25) is 0 Å². The third-order valence-corrected chi connectivity index (χ3v) is 1.71. The lowest BCUT2D eigenvalue weighted by atomic mass is 10.2. The van der Waals surface area contributed by atoms with E-state index in [4.69, 9.17) is 0 Å². The van der Waals surface area contributed by atoms with Crippen LogP contribution in [0.4, 0.5) is 0 Å². The Morgan fingerprint density at radius 1 is 1.62 bits per heavy atom. The molecule has 1 heterocycles. The predicted molar refractivity (Wildman–Crippen MR) is 50.9 cm³/mol. The number of hydrogen-bond acceptors (Lipinski definition) is 2. The number of amides is 1. The lowest BCUT2D eigenvalue weighted by Crippen LogP contribution is -2.27. The molecule has 3 nitrogen and oxygen atoms in total. The molecule has 13 heavy (non-hydrogen) atoms. The predicted octanol–water partition coefficient (Wildman–Crippen LogP) is 1.35. The van der Waals surface area contributed by atoms with Gasteiger partial charge in [-0.05, 0) is 11.6 Å². The minimum atomic E-state index is 0.0386. The lowest BCUT2D eigenvalue weighted by molar-refractivity contribution is -0.124. The highest BCUT2D eigenvalue weighted by Gasteiger charge is 2.04. The van der Waals surface area contributed by atoms with Gasteiger partial charge in [0.2, 0.25) is 5.91 Å². The van der Waals surface area contributed by atoms with E-state index in [0.717, 1.165) is 5.56 Å². The van der Waals surface area contributed by atoms with Crippen molar-refractivity contribution in [3.05, 3.63) is 30.1 Å². The molecule has 70 valence electrons. The first-order valence-electron chi connectivity index (χ1n) is 4.37. The highest BCUT2D eigenvalue weighted by Crippen LogP contribution is 1.96. The van der Waals surface area contributed by atoms with Gasteiger partial charge in [-0.25, -0.2) is 0 Å². The zero-order chi connectivity index (χ0) is 9.68. The minimum absolute atomic E-state index is 0.0386. The summed E-state index contributed by atoms with van der Waals surface area (Å²) in [7, 11) is 0. The molecule has 0 aliphatic carbocycles. The molecular formula is C10H14N2O. The summed E-state index contributed by atoms with van der Waals surface area (Å²) >= 11 is 0. The Hall–Kier alpha value is -1.38. The molecule has 1 rings (SSSR count). The van der Waals surface area contributed by atoms with E-state index in [1.165, 1.54) is 0 Å². The van der Waals surface area contributed by atoms with Gasteiger partial charge in [-0.15, -0.1) is 0 Å². The van der Waals surface area contributed by atoms with Crippen molar-refractivity contribution in [2.75, 3.05) is 0 Å². The van der Waals surface area contributed by atoms with E-state index in [2.05, 4.69) is 10.3 Å². The third-order valence-electron chi connectivity index (χ3n) is 1.71. The van der Waals surface area contributed by atoms with Crippen molar-refractivity contribution in [1.82, 2.24) is 10.3 Å². The van der Waals surface area contributed by atoms with E-state index in [9.17, 15) is 4.79 Å². The second-order valence-electron chi connectivity index (χ2n) is 3.23. The molecule has 1 N–H and O–H groups in total. The molecule has 1 aromatic rings. The highest BCUT2D eigenvalue weighted by atomic mass is 16.1. The second-order valence-corrected chi connectivity index (χ2v) is 3.23. The van der Waals surface area contributed by atoms with E-state index < -0.39 is 0 Å². The summed E-state index contributed by atoms with van der Waals surface area (Å²) in [4.78, 5) is 15.1. The first-order valence-corrected chi connectivity index (χ1v) is 4.37. The SMILES string of the molecule is CC(C)C(=O)NCc1cccnc1. The van der Waals surface area contributed by atoms with Crippen LogP contribution in [0.3, 0.4) is 0 Å². The molecular weight excluding hydrogens is 164 g/mol. The van der Waals surface area contributed by atoms with Gasteiger partial charge in [0.1, 0.15) is 0 Å². The summed E-state index contributed by atoms with van der Waals surface area (Å²) in [5.74, 6) is 0.112. The van der Waals surface area contributed by atoms with Crippen molar-refractivity contribution in [2.45, 2.75) is 20.4 Å². The maximum atomic E-state index is 11.2. The normalized spacial score (nSPS) is 10.1. The molecule has 0 bridgehead atoms. The van der Waals surface area contributed by atoms with Crippen LogP contribution in [0.5, 0.6) is 0 Å². The van der Waals surface area contributed by atoms with E-state index in [1.807, 2.05) is 26.0 Å². The number of aromatic nitrogens is 1. The molecule has 0 aliphatic heterocycles. The molecule has 0 atom stereocenters. The number of carbonyl (C=O) groups is 1. The highest BCUT2D eigenvalue weighted by molar-refractivity contribution is 5.77. The zero-order valence-corrected chi connectivity index (χ0v) is 7.95. The molecule has 0 spiro atoms. The van der Waals surface area contributed by atoms with Gasteiger partial charge in [0.15, 0.2) is 0 Å². The standard InChI is InChI=1S/C10H14N2O/c1-8(2)10(13)12-7-9-4-3-5-11-6-9/h3-6,8H,7H2,1-2H3,(H,12,13). The van der Waals surface area contributed by atoms with Crippen LogP contribution in [0.1, 0.15) is 19.4 Å². The fourth-order valence-corrected chi connectivity index (χ4v) is 0.896. The van der Waals surface area contributed by atoms with E-state index in [-0.39, 0.29) is 11.8 Å². The summed E-state index contributed by atoms with van der Waals surface area (Å²) in [6, 6.07) is 3.80. The van der Waals surface area contributed by atoms with E-state index in [0.29, 0.717) is 6.54 Å². The third kappa shape index (κ3) is 3.23. The van der Waals surface area contributed by atoms with Gasteiger partial charge in [0.05, 0.1) is 0 Å². The van der Waals surface area contributed by atoms with Gasteiger partial charge in [-0.2, -0.15) is 0 Å². The average Bonchev–Trinajstić information content (AvgIpc) is 2.15. The number of nitrogens with one attached hydrogen (secondary N) is 1. The quantitative estimate of drug-likeness (QED) is 0.759. The van der Waals surface area contributed by atoms with Crippen molar-refractivity contribution in [3.63, 3.8) is 0 Å². The van der Waals surface area contributed by atoms with Crippen LogP contribution in [0.25, 0.3) is 0 Å². The van der Waals surface area contributed by atoms with Gasteiger partial charge in [-0.3, -0.25) is 9.78 Å². The van der Waals surface area contributed by atoms with Gasteiger partial charge in [0.25, 0.3) is 0 Å². The summed E-state index contributed by atoms with van der Waals surface area (Å²) in [5, 5.41) is 2.82. The Bertz CT molecular complexity index is 270. The molecule has 1 amide bonds. The summed E-state index contributed by atoms with van der Waals surface area (Å²) in [6.45, 7) is 4.31. The number of rotatable bonds is 3. The first kappa shape index (κ1) is 9.71. The fourth-order valence-electron chi connectivity index (χ4n) is 0.896. The van der Waals surface area contributed by atoms with Crippen molar-refractivity contribution in [2.24, 2.45) is 5.92 Å². The largest absolute Gasteiger partial charge is 0.352 e. The van der Waals surface area contributed by atoms with Gasteiger partial charge < -0.3 is 5.32 Å². The number of hydrogen-bond donors (Lipinski definition) is 1. The smallest absolute Gasteiger partial charge is 0.222 e. The Kier molecular flexibility index (Phi) is 3.43. The molecule has 0 saturated carbocycles. The fraction of sp³-hybridized carbons (Fsp3) is 0.400. The minimum Gasteiger partial charge on any atom is -0.352 e. The Morgan fingerprint density at radius 2 is 2.38 bits per heavy atom. The topological polar surface area (TPSA) is 42.0 Å². The van der Waals surface area contributed by atoms with Gasteiger partial charge in [0, 0.05) is 24.9 Å². The second kappa shape index (κ2) is 4.60. The first-order chi connectivity index (χ1) is 6.20. The van der Waals surface area contributed by atoms with Gasteiger partial charge >= 0.3 is 0 Å². The Morgan fingerprint density at radius 3 is 2.92 bits per heavy atom. The molecule has 0 unspecified atom stereocenters. The van der Waals surface area contributed by atoms with Crippen molar-refractivity contribution >= 4 is 5.91 Å². The van der Waals surface area contributed by atoms with Crippen LogP contribution in [-0.2, 0) is 11.3 Å². The van der Waals surface area contributed by atoms with Crippen LogP contribution in [-0.4, -0.2) is 10.9 Å². The molecule has 0 saturated heterocycles.